The minimum absolute atomic E-state index is 0.0641. The number of halogens is 1. The smallest absolute Gasteiger partial charge is 0.371 e. The molecule has 2 rings (SSSR count). The molecule has 1 aromatic carbocycles. The molecule has 20 heavy (non-hydrogen) atoms. The zero-order chi connectivity index (χ0) is 14.7. The lowest BCUT2D eigenvalue weighted by Gasteiger charge is -2.16. The maximum Gasteiger partial charge on any atom is 0.371 e. The van der Waals surface area contributed by atoms with Gasteiger partial charge < -0.3 is 14.4 Å². The maximum absolute atomic E-state index is 13.5. The highest BCUT2D eigenvalue weighted by Gasteiger charge is 2.19. The fourth-order valence-corrected chi connectivity index (χ4v) is 1.71. The number of furan rings is 1. The quantitative estimate of drug-likeness (QED) is 0.931. The van der Waals surface area contributed by atoms with Crippen LogP contribution < -0.4 is 0 Å². The molecule has 0 atom stereocenters. The first kappa shape index (κ1) is 13.8. The van der Waals surface area contributed by atoms with E-state index in [0.29, 0.717) is 5.56 Å². The fourth-order valence-electron chi connectivity index (χ4n) is 1.71. The van der Waals surface area contributed by atoms with Crippen molar-refractivity contribution in [2.75, 3.05) is 7.05 Å². The lowest BCUT2D eigenvalue weighted by molar-refractivity contribution is 0.0653. The first-order valence-electron chi connectivity index (χ1n) is 5.81. The lowest BCUT2D eigenvalue weighted by atomic mass is 10.2. The second kappa shape index (κ2) is 5.56. The predicted molar refractivity (Wildman–Crippen MR) is 67.9 cm³/mol. The van der Waals surface area contributed by atoms with Crippen LogP contribution in [-0.2, 0) is 6.54 Å². The molecule has 0 aliphatic carbocycles. The van der Waals surface area contributed by atoms with Crippen LogP contribution in [0.1, 0.15) is 26.7 Å². The van der Waals surface area contributed by atoms with Crippen molar-refractivity contribution in [2.24, 2.45) is 0 Å². The van der Waals surface area contributed by atoms with Crippen molar-refractivity contribution in [1.29, 1.82) is 0 Å². The highest BCUT2D eigenvalue weighted by atomic mass is 19.1. The maximum atomic E-state index is 13.5. The van der Waals surface area contributed by atoms with E-state index in [0.717, 1.165) is 0 Å². The summed E-state index contributed by atoms with van der Waals surface area (Å²) >= 11 is 0. The Balaban J connectivity index is 2.12. The normalized spacial score (nSPS) is 10.3. The zero-order valence-corrected chi connectivity index (χ0v) is 10.7. The second-order valence-corrected chi connectivity index (χ2v) is 4.22. The van der Waals surface area contributed by atoms with Crippen molar-refractivity contribution in [1.82, 2.24) is 4.90 Å². The molecule has 1 aromatic heterocycles. The van der Waals surface area contributed by atoms with Crippen LogP contribution in [0, 0.1) is 5.82 Å². The van der Waals surface area contributed by atoms with E-state index >= 15 is 0 Å². The number of hydrogen-bond acceptors (Lipinski definition) is 3. The number of nitrogens with zero attached hydrogens (tertiary/aromatic N) is 1. The molecular weight excluding hydrogens is 265 g/mol. The Morgan fingerprint density at radius 3 is 2.45 bits per heavy atom. The van der Waals surface area contributed by atoms with Crippen LogP contribution in [0.15, 0.2) is 40.8 Å². The first-order chi connectivity index (χ1) is 9.49. The van der Waals surface area contributed by atoms with E-state index in [4.69, 9.17) is 9.52 Å². The first-order valence-corrected chi connectivity index (χ1v) is 5.81. The van der Waals surface area contributed by atoms with Gasteiger partial charge in [-0.2, -0.15) is 0 Å². The van der Waals surface area contributed by atoms with E-state index in [9.17, 15) is 14.0 Å². The van der Waals surface area contributed by atoms with Gasteiger partial charge in [0.05, 0.1) is 0 Å². The molecule has 2 aromatic rings. The largest absolute Gasteiger partial charge is 0.475 e. The van der Waals surface area contributed by atoms with Gasteiger partial charge >= 0.3 is 5.97 Å². The van der Waals surface area contributed by atoms with Crippen molar-refractivity contribution < 1.29 is 23.5 Å². The van der Waals surface area contributed by atoms with Crippen LogP contribution >= 0.6 is 0 Å². The van der Waals surface area contributed by atoms with Crippen molar-refractivity contribution in [3.63, 3.8) is 0 Å². The average molecular weight is 277 g/mol. The highest BCUT2D eigenvalue weighted by molar-refractivity contribution is 5.93. The number of carboxylic acid groups (broad SMARTS) is 1. The van der Waals surface area contributed by atoms with E-state index in [1.807, 2.05) is 0 Å². The number of benzene rings is 1. The van der Waals surface area contributed by atoms with E-state index in [-0.39, 0.29) is 18.1 Å². The number of amides is 1. The van der Waals surface area contributed by atoms with Gasteiger partial charge in [-0.05, 0) is 18.2 Å². The van der Waals surface area contributed by atoms with Crippen LogP contribution in [-0.4, -0.2) is 28.9 Å². The molecule has 0 unspecified atom stereocenters. The number of carbonyl (C=O) groups is 2. The average Bonchev–Trinajstić information content (AvgIpc) is 2.90. The third-order valence-corrected chi connectivity index (χ3v) is 2.74. The molecule has 104 valence electrons. The van der Waals surface area contributed by atoms with Gasteiger partial charge in [-0.15, -0.1) is 0 Å². The number of aromatic carboxylic acids is 1. The summed E-state index contributed by atoms with van der Waals surface area (Å²) in [4.78, 5) is 23.9. The van der Waals surface area contributed by atoms with Crippen LogP contribution in [0.25, 0.3) is 0 Å². The predicted octanol–water partition coefficient (Wildman–Crippen LogP) is 2.39. The van der Waals surface area contributed by atoms with E-state index < -0.39 is 17.7 Å². The second-order valence-electron chi connectivity index (χ2n) is 4.22. The summed E-state index contributed by atoms with van der Waals surface area (Å²) in [6.07, 6.45) is 0. The molecular formula is C14H12FNO4. The number of hydrogen-bond donors (Lipinski definition) is 1. The Hall–Kier alpha value is -2.63. The topological polar surface area (TPSA) is 70.8 Å². The SMILES string of the molecule is CN(Cc1ccccc1F)C(=O)c1ccc(C(=O)O)o1. The van der Waals surface area contributed by atoms with Gasteiger partial charge in [0.2, 0.25) is 5.76 Å². The van der Waals surface area contributed by atoms with E-state index in [1.165, 1.54) is 30.1 Å². The molecule has 0 radical (unpaired) electrons. The van der Waals surface area contributed by atoms with Crippen molar-refractivity contribution in [2.45, 2.75) is 6.54 Å². The summed E-state index contributed by atoms with van der Waals surface area (Å²) in [5.41, 5.74) is 0.369. The van der Waals surface area contributed by atoms with Gasteiger partial charge in [0.25, 0.3) is 5.91 Å². The Morgan fingerprint density at radius 1 is 1.20 bits per heavy atom. The highest BCUT2D eigenvalue weighted by Crippen LogP contribution is 2.14. The van der Waals surface area contributed by atoms with Crippen molar-refractivity contribution >= 4 is 11.9 Å². The summed E-state index contributed by atoms with van der Waals surface area (Å²) in [5.74, 6) is -2.58. The third-order valence-electron chi connectivity index (χ3n) is 2.74. The standard InChI is InChI=1S/C14H12FNO4/c1-16(8-9-4-2-3-5-10(9)15)13(17)11-6-7-12(20-11)14(18)19/h2-7H,8H2,1H3,(H,18,19). The number of carbonyl (C=O) groups excluding carboxylic acids is 1. The van der Waals surface area contributed by atoms with Crippen LogP contribution in [0.5, 0.6) is 0 Å². The van der Waals surface area contributed by atoms with Crippen LogP contribution in [0.2, 0.25) is 0 Å². The fraction of sp³-hybridized carbons (Fsp3) is 0.143. The molecule has 0 spiro atoms. The number of carboxylic acids is 1. The number of rotatable bonds is 4. The van der Waals surface area contributed by atoms with Crippen LogP contribution in [0.3, 0.4) is 0 Å². The molecule has 0 fully saturated rings. The van der Waals surface area contributed by atoms with Gasteiger partial charge in [-0.1, -0.05) is 18.2 Å². The minimum Gasteiger partial charge on any atom is -0.475 e. The zero-order valence-electron chi connectivity index (χ0n) is 10.7. The Bertz CT molecular complexity index is 650. The molecule has 0 aliphatic heterocycles. The molecule has 6 heteroatoms. The van der Waals surface area contributed by atoms with Crippen molar-refractivity contribution in [3.8, 4) is 0 Å². The monoisotopic (exact) mass is 277 g/mol. The molecule has 1 heterocycles. The molecule has 5 nitrogen and oxygen atoms in total. The third kappa shape index (κ3) is 2.85. The van der Waals surface area contributed by atoms with Gasteiger partial charge in [-0.25, -0.2) is 9.18 Å². The molecule has 0 bridgehead atoms. The molecule has 1 N–H and O–H groups in total. The summed E-state index contributed by atoms with van der Waals surface area (Å²) in [5, 5.41) is 8.72. The minimum atomic E-state index is -1.25. The van der Waals surface area contributed by atoms with Gasteiger partial charge in [0, 0.05) is 19.2 Å². The Morgan fingerprint density at radius 2 is 1.85 bits per heavy atom. The summed E-state index contributed by atoms with van der Waals surface area (Å²) < 4.78 is 18.4. The summed E-state index contributed by atoms with van der Waals surface area (Å²) in [6, 6.07) is 8.60. The lowest BCUT2D eigenvalue weighted by Crippen LogP contribution is -2.26. The molecule has 0 aliphatic rings. The van der Waals surface area contributed by atoms with Gasteiger partial charge in [0.1, 0.15) is 5.82 Å². The van der Waals surface area contributed by atoms with Gasteiger partial charge in [-0.3, -0.25) is 4.79 Å². The Labute approximate surface area is 114 Å². The van der Waals surface area contributed by atoms with Crippen LogP contribution in [0.4, 0.5) is 4.39 Å². The van der Waals surface area contributed by atoms with E-state index in [1.54, 1.807) is 18.2 Å². The van der Waals surface area contributed by atoms with E-state index in [2.05, 4.69) is 0 Å². The summed E-state index contributed by atoms with van der Waals surface area (Å²) in [7, 11) is 1.48. The van der Waals surface area contributed by atoms with Gasteiger partial charge in [0.15, 0.2) is 5.76 Å². The Kier molecular flexibility index (Phi) is 3.84. The molecule has 0 saturated heterocycles. The molecule has 0 saturated carbocycles. The summed E-state index contributed by atoms with van der Waals surface area (Å²) in [6.45, 7) is 0.0641. The van der Waals surface area contributed by atoms with Crippen molar-refractivity contribution in [3.05, 3.63) is 59.3 Å². The molecule has 1 amide bonds.